The van der Waals surface area contributed by atoms with E-state index in [1.807, 2.05) is 25.1 Å². The highest BCUT2D eigenvalue weighted by molar-refractivity contribution is 5.69. The Morgan fingerprint density at radius 2 is 2.25 bits per heavy atom. The van der Waals surface area contributed by atoms with Gasteiger partial charge in [-0.1, -0.05) is 11.6 Å². The van der Waals surface area contributed by atoms with Crippen molar-refractivity contribution in [1.29, 1.82) is 0 Å². The summed E-state index contributed by atoms with van der Waals surface area (Å²) in [6.07, 6.45) is 3.06. The molecule has 1 aromatic heterocycles. The molecule has 0 atom stereocenters. The first kappa shape index (κ1) is 13.9. The molecule has 0 amide bonds. The number of nitrogen functional groups attached to an aromatic ring is 1. The minimum Gasteiger partial charge on any atom is -0.496 e. The van der Waals surface area contributed by atoms with Gasteiger partial charge < -0.3 is 15.2 Å². The topological polar surface area (TPSA) is 79.4 Å². The molecule has 0 aliphatic heterocycles. The highest BCUT2D eigenvalue weighted by atomic mass is 16.5. The number of aryl methyl sites for hydroxylation is 1. The molecule has 106 valence electrons. The third-order valence-corrected chi connectivity index (χ3v) is 2.77. The van der Waals surface area contributed by atoms with Crippen LogP contribution in [0, 0.1) is 6.92 Å². The van der Waals surface area contributed by atoms with Gasteiger partial charge in [-0.3, -0.25) is 9.48 Å². The molecule has 0 radical (unpaired) electrons. The average molecular weight is 275 g/mol. The summed E-state index contributed by atoms with van der Waals surface area (Å²) >= 11 is 0. The lowest BCUT2D eigenvalue weighted by Gasteiger charge is -2.10. The number of anilines is 1. The largest absolute Gasteiger partial charge is 0.496 e. The van der Waals surface area contributed by atoms with E-state index in [-0.39, 0.29) is 19.1 Å². The molecule has 0 aliphatic rings. The zero-order valence-electron chi connectivity index (χ0n) is 11.5. The zero-order valence-corrected chi connectivity index (χ0v) is 11.5. The van der Waals surface area contributed by atoms with E-state index >= 15 is 0 Å². The van der Waals surface area contributed by atoms with Crippen LogP contribution in [0.25, 0.3) is 0 Å². The van der Waals surface area contributed by atoms with Gasteiger partial charge in [0.2, 0.25) is 0 Å². The van der Waals surface area contributed by atoms with Gasteiger partial charge in [-0.2, -0.15) is 5.10 Å². The predicted octanol–water partition coefficient (Wildman–Crippen LogP) is 1.53. The van der Waals surface area contributed by atoms with Gasteiger partial charge in [0.15, 0.2) is 0 Å². The average Bonchev–Trinajstić information content (AvgIpc) is 2.82. The summed E-state index contributed by atoms with van der Waals surface area (Å²) in [4.78, 5) is 11.7. The molecular weight excluding hydrogens is 258 g/mol. The Morgan fingerprint density at radius 1 is 1.45 bits per heavy atom. The first-order valence-electron chi connectivity index (χ1n) is 6.15. The van der Waals surface area contributed by atoms with E-state index in [2.05, 4.69) is 5.10 Å². The van der Waals surface area contributed by atoms with Crippen LogP contribution >= 0.6 is 0 Å². The summed E-state index contributed by atoms with van der Waals surface area (Å²) in [7, 11) is 1.59. The maximum absolute atomic E-state index is 11.7. The van der Waals surface area contributed by atoms with Gasteiger partial charge >= 0.3 is 5.97 Å². The monoisotopic (exact) mass is 275 g/mol. The normalized spacial score (nSPS) is 10.3. The second-order valence-electron chi connectivity index (χ2n) is 4.45. The van der Waals surface area contributed by atoms with Gasteiger partial charge in [-0.15, -0.1) is 0 Å². The Hall–Kier alpha value is -2.50. The summed E-state index contributed by atoms with van der Waals surface area (Å²) < 4.78 is 11.9. The quantitative estimate of drug-likeness (QED) is 0.837. The van der Waals surface area contributed by atoms with E-state index in [0.29, 0.717) is 11.4 Å². The smallest absolute Gasteiger partial charge is 0.328 e. The highest BCUT2D eigenvalue weighted by Gasteiger charge is 2.09. The summed E-state index contributed by atoms with van der Waals surface area (Å²) in [5.74, 6) is 0.323. The number of methoxy groups -OCH3 is 1. The molecule has 2 aromatic rings. The van der Waals surface area contributed by atoms with Crippen LogP contribution in [0.15, 0.2) is 30.6 Å². The fraction of sp³-hybridized carbons (Fsp3) is 0.286. The van der Waals surface area contributed by atoms with Crippen molar-refractivity contribution in [3.63, 3.8) is 0 Å². The second-order valence-corrected chi connectivity index (χ2v) is 4.45. The van der Waals surface area contributed by atoms with E-state index in [9.17, 15) is 4.79 Å². The third kappa shape index (κ3) is 3.50. The van der Waals surface area contributed by atoms with Crippen molar-refractivity contribution in [3.05, 3.63) is 41.7 Å². The summed E-state index contributed by atoms with van der Waals surface area (Å²) in [5, 5.41) is 3.92. The fourth-order valence-corrected chi connectivity index (χ4v) is 1.82. The fourth-order valence-electron chi connectivity index (χ4n) is 1.82. The molecule has 0 spiro atoms. The molecule has 0 fully saturated rings. The van der Waals surface area contributed by atoms with Crippen LogP contribution in [0.2, 0.25) is 0 Å². The Balaban J connectivity index is 1.94. The SMILES string of the molecule is COc1ccc(C)cc1COC(=O)Cn1cc(N)cn1. The molecule has 20 heavy (non-hydrogen) atoms. The van der Waals surface area contributed by atoms with Crippen molar-refractivity contribution in [2.45, 2.75) is 20.1 Å². The molecule has 1 aromatic carbocycles. The van der Waals surface area contributed by atoms with Gasteiger partial charge in [-0.05, 0) is 19.1 Å². The van der Waals surface area contributed by atoms with Gasteiger partial charge in [0.1, 0.15) is 18.9 Å². The Labute approximate surface area is 117 Å². The minimum atomic E-state index is -0.378. The van der Waals surface area contributed by atoms with Gasteiger partial charge in [0, 0.05) is 11.8 Å². The van der Waals surface area contributed by atoms with E-state index in [0.717, 1.165) is 11.1 Å². The number of rotatable bonds is 5. The van der Waals surface area contributed by atoms with Crippen LogP contribution < -0.4 is 10.5 Å². The number of carbonyl (C=O) groups is 1. The van der Waals surface area contributed by atoms with Gasteiger partial charge in [0.05, 0.1) is 19.0 Å². The first-order valence-corrected chi connectivity index (χ1v) is 6.15. The minimum absolute atomic E-state index is 0.0331. The maximum atomic E-state index is 11.7. The number of carbonyl (C=O) groups excluding carboxylic acids is 1. The van der Waals surface area contributed by atoms with E-state index < -0.39 is 0 Å². The zero-order chi connectivity index (χ0) is 14.5. The second kappa shape index (κ2) is 6.10. The van der Waals surface area contributed by atoms with E-state index in [1.54, 1.807) is 13.3 Å². The number of hydrogen-bond donors (Lipinski definition) is 1. The number of benzene rings is 1. The standard InChI is InChI=1S/C14H17N3O3/c1-10-3-4-13(19-2)11(5-10)9-20-14(18)8-17-7-12(15)6-16-17/h3-7H,8-9,15H2,1-2H3. The number of ether oxygens (including phenoxy) is 2. The predicted molar refractivity (Wildman–Crippen MR) is 74.2 cm³/mol. The first-order chi connectivity index (χ1) is 9.58. The number of aromatic nitrogens is 2. The van der Waals surface area contributed by atoms with E-state index in [4.69, 9.17) is 15.2 Å². The molecule has 2 N–H and O–H groups in total. The summed E-state index contributed by atoms with van der Waals surface area (Å²) in [6.45, 7) is 2.17. The van der Waals surface area contributed by atoms with Crippen LogP contribution in [0.1, 0.15) is 11.1 Å². The summed E-state index contributed by atoms with van der Waals surface area (Å²) in [6, 6.07) is 5.72. The van der Waals surface area contributed by atoms with Gasteiger partial charge in [-0.25, -0.2) is 0 Å². The van der Waals surface area contributed by atoms with Crippen LogP contribution in [0.4, 0.5) is 5.69 Å². The number of hydrogen-bond acceptors (Lipinski definition) is 5. The van der Waals surface area contributed by atoms with Crippen LogP contribution in [0.5, 0.6) is 5.75 Å². The molecule has 0 aliphatic carbocycles. The molecule has 0 saturated carbocycles. The van der Waals surface area contributed by atoms with Crippen molar-refractivity contribution >= 4 is 11.7 Å². The lowest BCUT2D eigenvalue weighted by molar-refractivity contribution is -0.145. The molecule has 0 saturated heterocycles. The summed E-state index contributed by atoms with van der Waals surface area (Å²) in [5.41, 5.74) is 7.95. The molecule has 0 bridgehead atoms. The lowest BCUT2D eigenvalue weighted by atomic mass is 10.1. The van der Waals surface area contributed by atoms with Crippen molar-refractivity contribution in [1.82, 2.24) is 9.78 Å². The maximum Gasteiger partial charge on any atom is 0.328 e. The van der Waals surface area contributed by atoms with Crippen molar-refractivity contribution < 1.29 is 14.3 Å². The van der Waals surface area contributed by atoms with Crippen molar-refractivity contribution in [2.75, 3.05) is 12.8 Å². The molecule has 6 heteroatoms. The molecule has 1 heterocycles. The molecule has 2 rings (SSSR count). The van der Waals surface area contributed by atoms with E-state index in [1.165, 1.54) is 10.9 Å². The number of esters is 1. The van der Waals surface area contributed by atoms with Gasteiger partial charge in [0.25, 0.3) is 0 Å². The molecule has 0 unspecified atom stereocenters. The third-order valence-electron chi connectivity index (χ3n) is 2.77. The van der Waals surface area contributed by atoms with Crippen LogP contribution in [0.3, 0.4) is 0 Å². The van der Waals surface area contributed by atoms with Crippen molar-refractivity contribution in [3.8, 4) is 5.75 Å². The number of nitrogens with two attached hydrogens (primary N) is 1. The van der Waals surface area contributed by atoms with Crippen LogP contribution in [-0.2, 0) is 22.7 Å². The Kier molecular flexibility index (Phi) is 4.24. The van der Waals surface area contributed by atoms with Crippen molar-refractivity contribution in [2.24, 2.45) is 0 Å². The Morgan fingerprint density at radius 3 is 2.90 bits per heavy atom. The highest BCUT2D eigenvalue weighted by Crippen LogP contribution is 2.20. The Bertz CT molecular complexity index is 607. The molecular formula is C14H17N3O3. The number of nitrogens with zero attached hydrogens (tertiary/aromatic N) is 2. The molecule has 6 nitrogen and oxygen atoms in total. The lowest BCUT2D eigenvalue weighted by Crippen LogP contribution is -2.14. The van der Waals surface area contributed by atoms with Crippen LogP contribution in [-0.4, -0.2) is 22.9 Å².